The van der Waals surface area contributed by atoms with E-state index < -0.39 is 0 Å². The van der Waals surface area contributed by atoms with Crippen molar-refractivity contribution in [3.8, 4) is 22.8 Å². The standard InChI is InChI=1S/C24H34N10O.C18H21ClN8O.C6H14N2/c1-15-18(12-26-23(25)27-15)20-29-21(32-8-10-35-11-9-32)19-22(30-20)34(13-16-4-5-16)24(28-19)33-7-6-17(14-33)31(2)3;1-10-12(8-21-18(20)22-10)14-24-15(26-4-6-28-7-5-26)13-16(25-14)27(17(19)23-13)9-11-2-3-11;1-8(2)6-3-4-7-5-6/h12,16-17H,4-11,13-14H2,1-3H3,(H2,25,26,27);8,11H,2-7,9H2,1H3,(H2,20,21,22);6-7H,3-5H2,1-2H3. The Kier molecular flexibility index (Phi) is 14.6. The maximum absolute atomic E-state index is 6.50. The van der Waals surface area contributed by atoms with Gasteiger partial charge in [0.2, 0.25) is 23.1 Å². The number of imidazole rings is 2. The maximum atomic E-state index is 6.50. The van der Waals surface area contributed by atoms with E-state index in [0.717, 1.165) is 127 Å². The van der Waals surface area contributed by atoms with Crippen molar-refractivity contribution in [2.24, 2.45) is 11.8 Å². The molecule has 0 amide bonds. The molecule has 5 N–H and O–H groups in total. The average molecular weight is 994 g/mol. The van der Waals surface area contributed by atoms with Gasteiger partial charge < -0.3 is 50.8 Å². The number of nitrogen functional groups attached to an aromatic ring is 2. The van der Waals surface area contributed by atoms with Gasteiger partial charge in [0.05, 0.1) is 48.9 Å². The van der Waals surface area contributed by atoms with Crippen LogP contribution in [0.2, 0.25) is 5.28 Å². The molecular weight excluding hydrogens is 924 g/mol. The molecule has 23 heteroatoms. The minimum Gasteiger partial charge on any atom is -0.378 e. The number of halogens is 1. The van der Waals surface area contributed by atoms with Crippen LogP contribution in [0.3, 0.4) is 0 Å². The zero-order valence-electron chi connectivity index (χ0n) is 42.1. The molecule has 4 aliphatic heterocycles. The number of nitrogens with zero attached hydrogens (tertiary/aromatic N) is 17. The fourth-order valence-electron chi connectivity index (χ4n) is 9.69. The summed E-state index contributed by atoms with van der Waals surface area (Å²) in [5.41, 5.74) is 17.8. The first kappa shape index (κ1) is 49.0. The van der Waals surface area contributed by atoms with Gasteiger partial charge >= 0.3 is 0 Å². The van der Waals surface area contributed by atoms with Gasteiger partial charge in [-0.3, -0.25) is 9.13 Å². The van der Waals surface area contributed by atoms with E-state index in [4.69, 9.17) is 57.5 Å². The number of ether oxygens (including phenoxy) is 2. The maximum Gasteiger partial charge on any atom is 0.220 e. The third kappa shape index (κ3) is 11.1. The molecule has 2 unspecified atom stereocenters. The van der Waals surface area contributed by atoms with Crippen LogP contribution in [0.1, 0.15) is 49.9 Å². The predicted octanol–water partition coefficient (Wildman–Crippen LogP) is 3.54. The van der Waals surface area contributed by atoms with Gasteiger partial charge in [-0.1, -0.05) is 0 Å². The molecule has 2 aliphatic carbocycles. The van der Waals surface area contributed by atoms with Crippen LogP contribution >= 0.6 is 11.6 Å². The van der Waals surface area contributed by atoms with Gasteiger partial charge in [-0.05, 0) is 111 Å². The molecule has 380 valence electrons. The van der Waals surface area contributed by atoms with Crippen molar-refractivity contribution >= 4 is 63.4 Å². The van der Waals surface area contributed by atoms with Crippen LogP contribution in [0.15, 0.2) is 12.4 Å². The van der Waals surface area contributed by atoms with Crippen LogP contribution in [0, 0.1) is 25.7 Å². The summed E-state index contributed by atoms with van der Waals surface area (Å²) in [4.78, 5) is 58.1. The second-order valence-corrected chi connectivity index (χ2v) is 20.4. The van der Waals surface area contributed by atoms with Crippen molar-refractivity contribution < 1.29 is 9.47 Å². The number of anilines is 5. The van der Waals surface area contributed by atoms with Crippen LogP contribution in [-0.4, -0.2) is 188 Å². The Labute approximate surface area is 419 Å². The monoisotopic (exact) mass is 993 g/mol. The summed E-state index contributed by atoms with van der Waals surface area (Å²) in [7, 11) is 8.59. The predicted molar refractivity (Wildman–Crippen MR) is 277 cm³/mol. The number of aromatic nitrogens is 12. The molecule has 0 bridgehead atoms. The number of hydrogen-bond acceptors (Lipinski definition) is 20. The van der Waals surface area contributed by atoms with E-state index in [1.165, 1.54) is 45.2 Å². The molecule has 6 fully saturated rings. The number of rotatable bonds is 11. The van der Waals surface area contributed by atoms with Gasteiger partial charge in [-0.25, -0.2) is 49.8 Å². The molecule has 22 nitrogen and oxygen atoms in total. The van der Waals surface area contributed by atoms with Gasteiger partial charge in [-0.15, -0.1) is 0 Å². The Hall–Kier alpha value is -5.65. The minimum atomic E-state index is 0.234. The fourth-order valence-corrected chi connectivity index (χ4v) is 9.92. The first-order valence-electron chi connectivity index (χ1n) is 25.2. The summed E-state index contributed by atoms with van der Waals surface area (Å²) in [6, 6.07) is 1.31. The second-order valence-electron chi connectivity index (χ2n) is 20.1. The smallest absolute Gasteiger partial charge is 0.220 e. The molecule has 6 aliphatic rings. The summed E-state index contributed by atoms with van der Waals surface area (Å²) >= 11 is 6.50. The van der Waals surface area contributed by atoms with Crippen LogP contribution in [0.25, 0.3) is 45.1 Å². The van der Waals surface area contributed by atoms with Crippen molar-refractivity contribution in [3.05, 3.63) is 29.1 Å². The van der Waals surface area contributed by atoms with Crippen molar-refractivity contribution in [1.82, 2.24) is 74.1 Å². The van der Waals surface area contributed by atoms with Gasteiger partial charge in [-0.2, -0.15) is 0 Å². The van der Waals surface area contributed by atoms with Gasteiger partial charge in [0.15, 0.2) is 45.6 Å². The number of morpholine rings is 2. The lowest BCUT2D eigenvalue weighted by Gasteiger charge is -2.28. The largest absolute Gasteiger partial charge is 0.378 e. The number of aryl methyl sites for hydroxylation is 2. The highest BCUT2D eigenvalue weighted by molar-refractivity contribution is 6.29. The number of likely N-dealkylation sites (N-methyl/N-ethyl adjacent to an activating group) is 2. The third-order valence-corrected chi connectivity index (χ3v) is 14.7. The molecule has 12 rings (SSSR count). The number of fused-ring (bicyclic) bond motifs is 2. The van der Waals surface area contributed by atoms with E-state index in [0.29, 0.717) is 61.2 Å². The molecule has 2 saturated carbocycles. The van der Waals surface area contributed by atoms with Gasteiger partial charge in [0.1, 0.15) is 0 Å². The molecule has 0 spiro atoms. The van der Waals surface area contributed by atoms with Crippen LogP contribution in [0.4, 0.5) is 29.5 Å². The average Bonchev–Trinajstić information content (AvgIpc) is 4.13. The highest BCUT2D eigenvalue weighted by Gasteiger charge is 2.34. The molecule has 6 aromatic rings. The van der Waals surface area contributed by atoms with Crippen molar-refractivity contribution in [2.45, 2.75) is 77.5 Å². The van der Waals surface area contributed by atoms with E-state index in [-0.39, 0.29) is 11.9 Å². The summed E-state index contributed by atoms with van der Waals surface area (Å²) in [6.45, 7) is 15.6. The van der Waals surface area contributed by atoms with E-state index in [1.54, 1.807) is 12.4 Å². The first-order chi connectivity index (χ1) is 34.4. The fraction of sp³-hybridized carbons (Fsp3) is 0.625. The van der Waals surface area contributed by atoms with Crippen LogP contribution in [-0.2, 0) is 22.6 Å². The Morgan fingerprint density at radius 2 is 1.11 bits per heavy atom. The Balaban J connectivity index is 0.000000144. The molecule has 71 heavy (non-hydrogen) atoms. The lowest BCUT2D eigenvalue weighted by atomic mass is 10.2. The molecule has 4 saturated heterocycles. The van der Waals surface area contributed by atoms with Crippen LogP contribution < -0.4 is 31.5 Å². The lowest BCUT2D eigenvalue weighted by Crippen LogP contribution is -2.37. The molecule has 0 aromatic carbocycles. The Morgan fingerprint density at radius 3 is 1.56 bits per heavy atom. The highest BCUT2D eigenvalue weighted by atomic mass is 35.5. The topological polar surface area (TPSA) is 237 Å². The molecular formula is C48H69ClN20O2. The lowest BCUT2D eigenvalue weighted by molar-refractivity contribution is 0.122. The normalized spacial score (nSPS) is 20.5. The minimum absolute atomic E-state index is 0.234. The van der Waals surface area contributed by atoms with Gasteiger partial charge in [0.25, 0.3) is 0 Å². The molecule has 2 atom stereocenters. The molecule has 10 heterocycles. The Bertz CT molecular complexity index is 2810. The van der Waals surface area contributed by atoms with E-state index in [1.807, 2.05) is 18.4 Å². The summed E-state index contributed by atoms with van der Waals surface area (Å²) in [5.74, 6) is 5.64. The molecule has 0 radical (unpaired) electrons. The summed E-state index contributed by atoms with van der Waals surface area (Å²) < 4.78 is 15.5. The first-order valence-corrected chi connectivity index (χ1v) is 25.6. The summed E-state index contributed by atoms with van der Waals surface area (Å²) in [6.07, 6.45) is 10.8. The third-order valence-electron chi connectivity index (χ3n) is 14.4. The second kappa shape index (κ2) is 21.2. The van der Waals surface area contributed by atoms with E-state index in [9.17, 15) is 0 Å². The van der Waals surface area contributed by atoms with Crippen molar-refractivity contribution in [1.29, 1.82) is 0 Å². The quantitative estimate of drug-likeness (QED) is 0.157. The number of hydrogen-bond donors (Lipinski definition) is 3. The zero-order valence-corrected chi connectivity index (χ0v) is 42.8. The van der Waals surface area contributed by atoms with E-state index in [2.05, 4.69) is 87.5 Å². The highest BCUT2D eigenvalue weighted by Crippen LogP contribution is 2.39. The van der Waals surface area contributed by atoms with Crippen LogP contribution in [0.5, 0.6) is 0 Å². The van der Waals surface area contributed by atoms with Crippen molar-refractivity contribution in [3.63, 3.8) is 0 Å². The SMILES string of the molecule is CN(C)C1CCNC1.Cc1nc(N)ncc1-c1nc(N2CCOCC2)c2nc(Cl)n(CC3CC3)c2n1.Cc1nc(N)ncc1-c1nc(N2CCOCC2)c2nc(N3CCC(N(C)C)C3)n(CC3CC3)c2n1. The number of nitrogens with two attached hydrogens (primary N) is 2. The Morgan fingerprint density at radius 1 is 0.606 bits per heavy atom. The zero-order chi connectivity index (χ0) is 49.3. The van der Waals surface area contributed by atoms with Crippen molar-refractivity contribution in [2.75, 3.05) is 133 Å². The van der Waals surface area contributed by atoms with E-state index >= 15 is 0 Å². The molecule has 6 aromatic heterocycles. The number of nitrogens with one attached hydrogen (secondary N) is 1. The van der Waals surface area contributed by atoms with Gasteiger partial charge in [0, 0.05) is 83.4 Å². The summed E-state index contributed by atoms with van der Waals surface area (Å²) in [5, 5.41) is 3.76.